The Bertz CT molecular complexity index is 1140. The lowest BCUT2D eigenvalue weighted by molar-refractivity contribution is 0.585. The van der Waals surface area contributed by atoms with Crippen molar-refractivity contribution in [2.24, 2.45) is 0 Å². The third-order valence-corrected chi connectivity index (χ3v) is 4.44. The van der Waals surface area contributed by atoms with Gasteiger partial charge in [0.15, 0.2) is 0 Å². The van der Waals surface area contributed by atoms with Gasteiger partial charge in [-0.05, 0) is 31.2 Å². The van der Waals surface area contributed by atoms with E-state index in [0.29, 0.717) is 17.9 Å². The van der Waals surface area contributed by atoms with E-state index in [0.717, 1.165) is 22.8 Å². The van der Waals surface area contributed by atoms with Crippen LogP contribution < -0.4 is 5.32 Å². The Morgan fingerprint density at radius 2 is 1.89 bits per heavy atom. The van der Waals surface area contributed by atoms with E-state index >= 15 is 0 Å². The molecule has 0 unspecified atom stereocenters. The van der Waals surface area contributed by atoms with E-state index in [-0.39, 0.29) is 10.6 Å². The number of halogens is 3. The molecular weight excluding hydrogens is 372 g/mol. The molecule has 4 rings (SSSR count). The van der Waals surface area contributed by atoms with Crippen molar-refractivity contribution in [3.8, 4) is 11.3 Å². The Hall–Kier alpha value is -3.06. The number of benzene rings is 1. The van der Waals surface area contributed by atoms with E-state index in [1.54, 1.807) is 30.7 Å². The van der Waals surface area contributed by atoms with Gasteiger partial charge in [-0.3, -0.25) is 14.6 Å². The maximum absolute atomic E-state index is 14.2. The van der Waals surface area contributed by atoms with E-state index in [4.69, 9.17) is 11.6 Å². The number of pyridine rings is 2. The van der Waals surface area contributed by atoms with Crippen LogP contribution in [0.4, 0.5) is 20.2 Å². The van der Waals surface area contributed by atoms with Crippen molar-refractivity contribution >= 4 is 34.0 Å². The van der Waals surface area contributed by atoms with Gasteiger partial charge in [-0.1, -0.05) is 11.6 Å². The summed E-state index contributed by atoms with van der Waals surface area (Å²) in [5.41, 5.74) is 3.62. The number of rotatable bonds is 4. The minimum atomic E-state index is -0.806. The summed E-state index contributed by atoms with van der Waals surface area (Å²) in [4.78, 5) is 8.49. The molecule has 0 saturated heterocycles. The fraction of sp³-hybridized carbons (Fsp3) is 0.105. The van der Waals surface area contributed by atoms with Crippen LogP contribution in [0.2, 0.25) is 5.02 Å². The highest BCUT2D eigenvalue weighted by atomic mass is 35.5. The molecule has 0 radical (unpaired) electrons. The summed E-state index contributed by atoms with van der Waals surface area (Å²) >= 11 is 5.79. The normalized spacial score (nSPS) is 11.1. The van der Waals surface area contributed by atoms with Crippen LogP contribution in [0.1, 0.15) is 6.92 Å². The zero-order valence-electron chi connectivity index (χ0n) is 14.2. The summed E-state index contributed by atoms with van der Waals surface area (Å²) in [6, 6.07) is 7.25. The quantitative estimate of drug-likeness (QED) is 0.491. The summed E-state index contributed by atoms with van der Waals surface area (Å²) in [7, 11) is 0. The molecule has 3 heterocycles. The predicted molar refractivity (Wildman–Crippen MR) is 101 cm³/mol. The van der Waals surface area contributed by atoms with Crippen LogP contribution in [0.15, 0.2) is 48.9 Å². The van der Waals surface area contributed by atoms with Crippen LogP contribution in [-0.2, 0) is 6.54 Å². The number of hydrogen-bond acceptors (Lipinski definition) is 4. The maximum Gasteiger partial charge on any atom is 0.144 e. The number of aryl methyl sites for hydroxylation is 1. The number of fused-ring (bicyclic) bond motifs is 1. The molecule has 1 aromatic carbocycles. The van der Waals surface area contributed by atoms with Gasteiger partial charge in [0.2, 0.25) is 0 Å². The molecule has 5 nitrogen and oxygen atoms in total. The molecule has 0 amide bonds. The molecule has 0 fully saturated rings. The lowest BCUT2D eigenvalue weighted by Crippen LogP contribution is -2.00. The molecule has 3 aromatic heterocycles. The van der Waals surface area contributed by atoms with Gasteiger partial charge in [0.25, 0.3) is 0 Å². The standard InChI is InChI=1S/C19H14ClF2N5/c1-2-27-19-16(4-6-24-18(19)10-25-27)26-11-3-5-23-17(7-11)12-8-13(20)15(22)9-14(12)21/h3-10H,2H2,1H3,(H,23,24,26). The Labute approximate surface area is 158 Å². The van der Waals surface area contributed by atoms with Gasteiger partial charge in [-0.2, -0.15) is 5.10 Å². The molecular formula is C19H14ClF2N5. The van der Waals surface area contributed by atoms with Crippen molar-refractivity contribution in [2.45, 2.75) is 13.5 Å². The molecule has 0 spiro atoms. The van der Waals surface area contributed by atoms with E-state index < -0.39 is 11.6 Å². The van der Waals surface area contributed by atoms with Gasteiger partial charge < -0.3 is 5.32 Å². The number of nitrogens with one attached hydrogen (secondary N) is 1. The Morgan fingerprint density at radius 3 is 2.70 bits per heavy atom. The molecule has 0 aliphatic heterocycles. The number of nitrogens with zero attached hydrogens (tertiary/aromatic N) is 4. The average molecular weight is 386 g/mol. The second-order valence-electron chi connectivity index (χ2n) is 5.85. The van der Waals surface area contributed by atoms with Crippen molar-refractivity contribution in [3.05, 3.63) is 65.6 Å². The van der Waals surface area contributed by atoms with Crippen LogP contribution in [0.3, 0.4) is 0 Å². The van der Waals surface area contributed by atoms with Gasteiger partial charge in [-0.25, -0.2) is 8.78 Å². The average Bonchev–Trinajstić information content (AvgIpc) is 3.09. The van der Waals surface area contributed by atoms with E-state index in [2.05, 4.69) is 20.4 Å². The van der Waals surface area contributed by atoms with Crippen molar-refractivity contribution in [3.63, 3.8) is 0 Å². The van der Waals surface area contributed by atoms with Crippen LogP contribution in [0.5, 0.6) is 0 Å². The van der Waals surface area contributed by atoms with Gasteiger partial charge in [0.05, 0.1) is 22.6 Å². The Morgan fingerprint density at radius 1 is 1.07 bits per heavy atom. The molecule has 0 atom stereocenters. The summed E-state index contributed by atoms with van der Waals surface area (Å²) in [6.07, 6.45) is 4.94. The number of aromatic nitrogens is 4. The van der Waals surface area contributed by atoms with Crippen molar-refractivity contribution < 1.29 is 8.78 Å². The van der Waals surface area contributed by atoms with E-state index in [9.17, 15) is 8.78 Å². The molecule has 1 N–H and O–H groups in total. The van der Waals surface area contributed by atoms with Gasteiger partial charge in [0.1, 0.15) is 22.7 Å². The van der Waals surface area contributed by atoms with Gasteiger partial charge >= 0.3 is 0 Å². The van der Waals surface area contributed by atoms with Gasteiger partial charge in [-0.15, -0.1) is 0 Å². The predicted octanol–water partition coefficient (Wildman–Crippen LogP) is 5.19. The zero-order chi connectivity index (χ0) is 19.0. The molecule has 0 bridgehead atoms. The molecule has 0 aliphatic rings. The molecule has 4 aromatic rings. The van der Waals surface area contributed by atoms with E-state index in [1.807, 2.05) is 17.7 Å². The minimum Gasteiger partial charge on any atom is -0.354 e. The van der Waals surface area contributed by atoms with E-state index in [1.165, 1.54) is 6.07 Å². The molecule has 8 heteroatoms. The maximum atomic E-state index is 14.2. The first-order valence-corrected chi connectivity index (χ1v) is 8.63. The summed E-state index contributed by atoms with van der Waals surface area (Å²) in [5, 5.41) is 7.45. The second-order valence-corrected chi connectivity index (χ2v) is 6.26. The highest BCUT2D eigenvalue weighted by Crippen LogP contribution is 2.30. The SMILES string of the molecule is CCn1ncc2nccc(Nc3ccnc(-c4cc(Cl)c(F)cc4F)c3)c21. The first kappa shape index (κ1) is 17.4. The number of hydrogen-bond donors (Lipinski definition) is 1. The van der Waals surface area contributed by atoms with Crippen LogP contribution in [-0.4, -0.2) is 19.7 Å². The lowest BCUT2D eigenvalue weighted by Gasteiger charge is -2.11. The van der Waals surface area contributed by atoms with Crippen molar-refractivity contribution in [1.29, 1.82) is 0 Å². The lowest BCUT2D eigenvalue weighted by atomic mass is 10.1. The Kier molecular flexibility index (Phi) is 4.45. The second kappa shape index (κ2) is 6.92. The molecule has 0 aliphatic carbocycles. The van der Waals surface area contributed by atoms with Crippen molar-refractivity contribution in [1.82, 2.24) is 19.7 Å². The topological polar surface area (TPSA) is 55.6 Å². The summed E-state index contributed by atoms with van der Waals surface area (Å²) in [5.74, 6) is -1.53. The zero-order valence-corrected chi connectivity index (χ0v) is 15.0. The minimum absolute atomic E-state index is 0.128. The third kappa shape index (κ3) is 3.21. The van der Waals surface area contributed by atoms with Gasteiger partial charge in [0, 0.05) is 36.3 Å². The first-order valence-electron chi connectivity index (χ1n) is 8.25. The fourth-order valence-corrected chi connectivity index (χ4v) is 3.05. The van der Waals surface area contributed by atoms with Crippen molar-refractivity contribution in [2.75, 3.05) is 5.32 Å². The summed E-state index contributed by atoms with van der Waals surface area (Å²) in [6.45, 7) is 2.69. The highest BCUT2D eigenvalue weighted by molar-refractivity contribution is 6.31. The molecule has 27 heavy (non-hydrogen) atoms. The number of anilines is 2. The largest absolute Gasteiger partial charge is 0.354 e. The Balaban J connectivity index is 1.75. The molecule has 0 saturated carbocycles. The summed E-state index contributed by atoms with van der Waals surface area (Å²) < 4.78 is 29.4. The first-order chi connectivity index (χ1) is 13.1. The fourth-order valence-electron chi connectivity index (χ4n) is 2.89. The highest BCUT2D eigenvalue weighted by Gasteiger charge is 2.13. The molecule has 136 valence electrons. The van der Waals surface area contributed by atoms with Crippen LogP contribution in [0.25, 0.3) is 22.3 Å². The monoisotopic (exact) mass is 385 g/mol. The van der Waals surface area contributed by atoms with Crippen LogP contribution in [0, 0.1) is 11.6 Å². The van der Waals surface area contributed by atoms with Crippen LogP contribution >= 0.6 is 11.6 Å². The third-order valence-electron chi connectivity index (χ3n) is 4.15. The smallest absolute Gasteiger partial charge is 0.144 e.